The van der Waals surface area contributed by atoms with Crippen molar-refractivity contribution in [1.29, 1.82) is 5.26 Å². The first-order chi connectivity index (χ1) is 13.6. The van der Waals surface area contributed by atoms with E-state index in [9.17, 15) is 4.79 Å². The summed E-state index contributed by atoms with van der Waals surface area (Å²) in [5, 5.41) is 11.8. The molecule has 0 fully saturated rings. The Labute approximate surface area is 166 Å². The normalized spacial score (nSPS) is 11.5. The molecule has 0 bridgehead atoms. The second kappa shape index (κ2) is 11.0. The number of rotatable bonds is 10. The average Bonchev–Trinajstić information content (AvgIpc) is 2.75. The van der Waals surface area contributed by atoms with Gasteiger partial charge < -0.3 is 14.8 Å². The third-order valence-electron chi connectivity index (χ3n) is 4.58. The lowest BCUT2D eigenvalue weighted by atomic mass is 10.0. The van der Waals surface area contributed by atoms with Crippen LogP contribution in [0.5, 0.6) is 11.5 Å². The number of hydrogen-bond acceptors (Lipinski definition) is 5. The highest BCUT2D eigenvalue weighted by Gasteiger charge is 2.19. The maximum atomic E-state index is 12.3. The molecule has 1 amide bonds. The van der Waals surface area contributed by atoms with Crippen LogP contribution in [0.2, 0.25) is 0 Å². The third kappa shape index (κ3) is 6.00. The van der Waals surface area contributed by atoms with Crippen LogP contribution in [0.25, 0.3) is 0 Å². The second-order valence-corrected chi connectivity index (χ2v) is 6.24. The standard InChI is InChI=1S/C22H27N3O3/c1-4-25(5-2)21(18-7-6-8-20(13-18)27-3)15-24-22(26)16-28-19-11-9-17(14-23)10-12-19/h6-13,21H,4-5,15-16H2,1-3H3,(H,24,26). The topological polar surface area (TPSA) is 74.6 Å². The molecule has 0 spiro atoms. The summed E-state index contributed by atoms with van der Waals surface area (Å²) in [5.74, 6) is 1.16. The first kappa shape index (κ1) is 21.3. The van der Waals surface area contributed by atoms with Gasteiger partial charge in [-0.05, 0) is 55.1 Å². The number of nitrogens with zero attached hydrogens (tertiary/aromatic N) is 2. The number of nitrogens with one attached hydrogen (secondary N) is 1. The van der Waals surface area contributed by atoms with Gasteiger partial charge in [-0.1, -0.05) is 26.0 Å². The highest BCUT2D eigenvalue weighted by Crippen LogP contribution is 2.23. The summed E-state index contributed by atoms with van der Waals surface area (Å²) in [4.78, 5) is 14.6. The maximum absolute atomic E-state index is 12.3. The van der Waals surface area contributed by atoms with Gasteiger partial charge in [0.15, 0.2) is 6.61 Å². The van der Waals surface area contributed by atoms with Crippen LogP contribution < -0.4 is 14.8 Å². The van der Waals surface area contributed by atoms with Crippen LogP contribution in [0.1, 0.15) is 31.0 Å². The zero-order valence-electron chi connectivity index (χ0n) is 16.6. The van der Waals surface area contributed by atoms with Gasteiger partial charge in [-0.2, -0.15) is 5.26 Å². The molecule has 1 atom stereocenters. The van der Waals surface area contributed by atoms with Crippen molar-refractivity contribution in [2.75, 3.05) is 33.4 Å². The van der Waals surface area contributed by atoms with Crippen molar-refractivity contribution < 1.29 is 14.3 Å². The smallest absolute Gasteiger partial charge is 0.258 e. The predicted octanol–water partition coefficient (Wildman–Crippen LogP) is 3.14. The summed E-state index contributed by atoms with van der Waals surface area (Å²) in [6.45, 7) is 6.35. The maximum Gasteiger partial charge on any atom is 0.258 e. The number of nitriles is 1. The van der Waals surface area contributed by atoms with Gasteiger partial charge in [0.2, 0.25) is 0 Å². The number of likely N-dealkylation sites (N-methyl/N-ethyl adjacent to an activating group) is 1. The Morgan fingerprint density at radius 1 is 1.14 bits per heavy atom. The van der Waals surface area contributed by atoms with Crippen molar-refractivity contribution >= 4 is 5.91 Å². The molecule has 2 aromatic rings. The largest absolute Gasteiger partial charge is 0.497 e. The van der Waals surface area contributed by atoms with Crippen molar-refractivity contribution in [2.45, 2.75) is 19.9 Å². The average molecular weight is 381 g/mol. The van der Waals surface area contributed by atoms with Crippen molar-refractivity contribution in [3.05, 3.63) is 59.7 Å². The minimum absolute atomic E-state index is 0.0453. The zero-order valence-corrected chi connectivity index (χ0v) is 16.6. The third-order valence-corrected chi connectivity index (χ3v) is 4.58. The molecule has 0 heterocycles. The summed E-state index contributed by atoms with van der Waals surface area (Å²) in [7, 11) is 1.65. The fraction of sp³-hybridized carbons (Fsp3) is 0.364. The van der Waals surface area contributed by atoms with Gasteiger partial charge in [0, 0.05) is 6.54 Å². The molecule has 2 aromatic carbocycles. The Balaban J connectivity index is 1.97. The summed E-state index contributed by atoms with van der Waals surface area (Å²) in [6, 6.07) is 16.7. The van der Waals surface area contributed by atoms with Crippen LogP contribution in [0, 0.1) is 11.3 Å². The van der Waals surface area contributed by atoms with E-state index in [1.807, 2.05) is 30.3 Å². The van der Waals surface area contributed by atoms with E-state index in [1.54, 1.807) is 31.4 Å². The number of hydrogen-bond donors (Lipinski definition) is 1. The molecule has 6 heteroatoms. The Bertz CT molecular complexity index is 795. The first-order valence-corrected chi connectivity index (χ1v) is 9.38. The van der Waals surface area contributed by atoms with Gasteiger partial charge in [0.25, 0.3) is 5.91 Å². The quantitative estimate of drug-likeness (QED) is 0.684. The number of ether oxygens (including phenoxy) is 2. The summed E-state index contributed by atoms with van der Waals surface area (Å²) in [5.41, 5.74) is 1.65. The number of carbonyl (C=O) groups excluding carboxylic acids is 1. The molecule has 0 aromatic heterocycles. The molecule has 1 unspecified atom stereocenters. The van der Waals surface area contributed by atoms with E-state index < -0.39 is 0 Å². The van der Waals surface area contributed by atoms with E-state index in [-0.39, 0.29) is 18.6 Å². The molecule has 148 valence electrons. The Kier molecular flexibility index (Phi) is 8.32. The van der Waals surface area contributed by atoms with E-state index >= 15 is 0 Å². The fourth-order valence-electron chi connectivity index (χ4n) is 3.01. The molecular weight excluding hydrogens is 354 g/mol. The first-order valence-electron chi connectivity index (χ1n) is 9.38. The molecule has 0 saturated carbocycles. The van der Waals surface area contributed by atoms with Gasteiger partial charge in [-0.3, -0.25) is 9.69 Å². The number of amides is 1. The lowest BCUT2D eigenvalue weighted by Crippen LogP contribution is -2.39. The molecule has 0 aliphatic carbocycles. The monoisotopic (exact) mass is 381 g/mol. The molecular formula is C22H27N3O3. The van der Waals surface area contributed by atoms with Gasteiger partial charge in [-0.25, -0.2) is 0 Å². The molecule has 0 radical (unpaired) electrons. The summed E-state index contributed by atoms with van der Waals surface area (Å²) < 4.78 is 10.8. The Morgan fingerprint density at radius 3 is 2.46 bits per heavy atom. The molecule has 0 aliphatic rings. The van der Waals surface area contributed by atoms with Crippen LogP contribution in [0.4, 0.5) is 0 Å². The number of methoxy groups -OCH3 is 1. The van der Waals surface area contributed by atoms with Crippen molar-refractivity contribution in [3.8, 4) is 17.6 Å². The Morgan fingerprint density at radius 2 is 1.86 bits per heavy atom. The van der Waals surface area contributed by atoms with E-state index in [1.165, 1.54) is 0 Å². The minimum Gasteiger partial charge on any atom is -0.497 e. The van der Waals surface area contributed by atoms with Gasteiger partial charge in [-0.15, -0.1) is 0 Å². The van der Waals surface area contributed by atoms with Gasteiger partial charge in [0.1, 0.15) is 11.5 Å². The highest BCUT2D eigenvalue weighted by atomic mass is 16.5. The van der Waals surface area contributed by atoms with Crippen molar-refractivity contribution in [3.63, 3.8) is 0 Å². The van der Waals surface area contributed by atoms with Crippen LogP contribution in [0.3, 0.4) is 0 Å². The van der Waals surface area contributed by atoms with Crippen LogP contribution in [-0.2, 0) is 4.79 Å². The number of benzene rings is 2. The second-order valence-electron chi connectivity index (χ2n) is 6.24. The number of carbonyl (C=O) groups is 1. The van der Waals surface area contributed by atoms with Crippen molar-refractivity contribution in [1.82, 2.24) is 10.2 Å². The van der Waals surface area contributed by atoms with Gasteiger partial charge in [0.05, 0.1) is 24.8 Å². The molecule has 28 heavy (non-hydrogen) atoms. The van der Waals surface area contributed by atoms with Crippen LogP contribution >= 0.6 is 0 Å². The molecule has 2 rings (SSSR count). The van der Waals surface area contributed by atoms with E-state index in [4.69, 9.17) is 14.7 Å². The molecule has 6 nitrogen and oxygen atoms in total. The summed E-state index contributed by atoms with van der Waals surface area (Å²) in [6.07, 6.45) is 0. The van der Waals surface area contributed by atoms with Crippen LogP contribution in [-0.4, -0.2) is 44.2 Å². The lowest BCUT2D eigenvalue weighted by molar-refractivity contribution is -0.123. The minimum atomic E-state index is -0.190. The SMILES string of the molecule is CCN(CC)C(CNC(=O)COc1ccc(C#N)cc1)c1cccc(OC)c1. The fourth-order valence-corrected chi connectivity index (χ4v) is 3.01. The van der Waals surface area contributed by atoms with Crippen LogP contribution in [0.15, 0.2) is 48.5 Å². The summed E-state index contributed by atoms with van der Waals surface area (Å²) >= 11 is 0. The van der Waals surface area contributed by atoms with Gasteiger partial charge >= 0.3 is 0 Å². The molecule has 0 aliphatic heterocycles. The predicted molar refractivity (Wildman–Crippen MR) is 108 cm³/mol. The lowest BCUT2D eigenvalue weighted by Gasteiger charge is -2.30. The highest BCUT2D eigenvalue weighted by molar-refractivity contribution is 5.77. The Hall–Kier alpha value is -3.04. The van der Waals surface area contributed by atoms with E-state index in [0.29, 0.717) is 17.9 Å². The zero-order chi connectivity index (χ0) is 20.4. The van der Waals surface area contributed by atoms with Crippen molar-refractivity contribution in [2.24, 2.45) is 0 Å². The van der Waals surface area contributed by atoms with E-state index in [2.05, 4.69) is 24.1 Å². The van der Waals surface area contributed by atoms with E-state index in [0.717, 1.165) is 24.4 Å². The molecule has 1 N–H and O–H groups in total. The molecule has 0 saturated heterocycles.